The van der Waals surface area contributed by atoms with Crippen LogP contribution < -0.4 is 10.1 Å². The van der Waals surface area contributed by atoms with Crippen LogP contribution in [0.2, 0.25) is 0 Å². The zero-order chi connectivity index (χ0) is 25.1. The van der Waals surface area contributed by atoms with Crippen LogP contribution in [0.1, 0.15) is 53.3 Å². The van der Waals surface area contributed by atoms with Crippen molar-refractivity contribution in [2.75, 3.05) is 45.7 Å². The third kappa shape index (κ3) is 6.21. The molecule has 190 valence electrons. The second kappa shape index (κ2) is 10.8. The molecule has 4 rings (SSSR count). The van der Waals surface area contributed by atoms with Gasteiger partial charge in [-0.15, -0.1) is 0 Å². The van der Waals surface area contributed by atoms with Gasteiger partial charge in [0, 0.05) is 51.6 Å². The third-order valence-corrected chi connectivity index (χ3v) is 6.88. The molecule has 0 unspecified atom stereocenters. The Hall–Kier alpha value is -2.91. The van der Waals surface area contributed by atoms with Gasteiger partial charge >= 0.3 is 0 Å². The molecule has 1 aliphatic carbocycles. The molecule has 2 aromatic rings. The highest BCUT2D eigenvalue weighted by Crippen LogP contribution is 2.32. The van der Waals surface area contributed by atoms with Crippen molar-refractivity contribution >= 4 is 17.5 Å². The quantitative estimate of drug-likeness (QED) is 0.694. The van der Waals surface area contributed by atoms with E-state index in [4.69, 9.17) is 14.0 Å². The van der Waals surface area contributed by atoms with Crippen molar-refractivity contribution in [3.63, 3.8) is 0 Å². The Morgan fingerprint density at radius 1 is 1.23 bits per heavy atom. The van der Waals surface area contributed by atoms with Crippen LogP contribution in [0.5, 0.6) is 5.75 Å². The Kier molecular flexibility index (Phi) is 7.76. The number of likely N-dealkylation sites (N-methyl/N-ethyl adjacent to an activating group) is 1. The average molecular weight is 485 g/mol. The lowest BCUT2D eigenvalue weighted by Crippen LogP contribution is -2.47. The number of carbonyl (C=O) groups excluding carboxylic acids is 2. The zero-order valence-electron chi connectivity index (χ0n) is 21.2. The van der Waals surface area contributed by atoms with Crippen LogP contribution in [-0.2, 0) is 4.74 Å². The lowest BCUT2D eigenvalue weighted by Gasteiger charge is -2.36. The van der Waals surface area contributed by atoms with Crippen LogP contribution in [0.25, 0.3) is 0 Å². The monoisotopic (exact) mass is 484 g/mol. The van der Waals surface area contributed by atoms with Crippen LogP contribution in [0.3, 0.4) is 0 Å². The molecule has 0 bridgehead atoms. The maximum atomic E-state index is 13.5. The van der Waals surface area contributed by atoms with Crippen LogP contribution in [0, 0.1) is 18.8 Å². The minimum atomic E-state index is -0.408. The van der Waals surface area contributed by atoms with Crippen molar-refractivity contribution in [3.8, 4) is 5.75 Å². The molecular weight excluding hydrogens is 448 g/mol. The predicted octanol–water partition coefficient (Wildman–Crippen LogP) is 3.45. The molecule has 1 saturated carbocycles. The Labute approximate surface area is 206 Å². The van der Waals surface area contributed by atoms with E-state index < -0.39 is 5.91 Å². The fourth-order valence-corrected chi connectivity index (χ4v) is 4.48. The number of hydrogen-bond acceptors (Lipinski definition) is 7. The second-order valence-corrected chi connectivity index (χ2v) is 9.98. The van der Waals surface area contributed by atoms with Gasteiger partial charge in [0.1, 0.15) is 18.1 Å². The van der Waals surface area contributed by atoms with Crippen LogP contribution >= 0.6 is 0 Å². The topological polar surface area (TPSA) is 97.1 Å². The van der Waals surface area contributed by atoms with Gasteiger partial charge in [0.05, 0.1) is 11.7 Å². The van der Waals surface area contributed by atoms with Gasteiger partial charge in [0.15, 0.2) is 5.69 Å². The SMILES string of the molecule is CO[C@@H]1CN(C)C(=O)c2cc(NC(=O)c3cc(C)on3)ccc2OC[C@H](C)N(CC2CC2)C[C@H]1C. The zero-order valence-corrected chi connectivity index (χ0v) is 21.2. The summed E-state index contributed by atoms with van der Waals surface area (Å²) < 4.78 is 17.0. The molecule has 0 saturated heterocycles. The Balaban J connectivity index is 1.60. The van der Waals surface area contributed by atoms with E-state index in [-0.39, 0.29) is 29.7 Å². The molecule has 9 heteroatoms. The highest BCUT2D eigenvalue weighted by atomic mass is 16.5. The summed E-state index contributed by atoms with van der Waals surface area (Å²) in [7, 11) is 3.47. The number of rotatable bonds is 5. The smallest absolute Gasteiger partial charge is 0.277 e. The number of ether oxygens (including phenoxy) is 2. The van der Waals surface area contributed by atoms with E-state index in [0.717, 1.165) is 19.0 Å². The molecule has 2 amide bonds. The highest BCUT2D eigenvalue weighted by molar-refractivity contribution is 6.04. The predicted molar refractivity (Wildman–Crippen MR) is 132 cm³/mol. The number of hydrogen-bond donors (Lipinski definition) is 1. The number of nitrogens with one attached hydrogen (secondary N) is 1. The fourth-order valence-electron chi connectivity index (χ4n) is 4.48. The van der Waals surface area contributed by atoms with Gasteiger partial charge in [0.2, 0.25) is 0 Å². The van der Waals surface area contributed by atoms with E-state index in [1.807, 2.05) is 0 Å². The first-order valence-corrected chi connectivity index (χ1v) is 12.3. The maximum Gasteiger partial charge on any atom is 0.277 e. The molecule has 2 heterocycles. The van der Waals surface area contributed by atoms with E-state index >= 15 is 0 Å². The van der Waals surface area contributed by atoms with Gasteiger partial charge in [-0.05, 0) is 56.7 Å². The molecule has 1 aromatic carbocycles. The molecule has 0 radical (unpaired) electrons. The first-order valence-electron chi connectivity index (χ1n) is 12.3. The molecule has 35 heavy (non-hydrogen) atoms. The lowest BCUT2D eigenvalue weighted by molar-refractivity contribution is 0.00994. The standard InChI is InChI=1S/C26H36N4O5/c1-16-12-30(13-19-6-7-19)17(2)15-34-23-9-8-20(27-25(31)22-10-18(3)35-28-22)11-21(23)26(32)29(4)14-24(16)33-5/h8-11,16-17,19,24H,6-7,12-15H2,1-5H3,(H,27,31)/t16-,17+,24-/m1/s1. The number of amides is 2. The first kappa shape index (κ1) is 25.2. The van der Waals surface area contributed by atoms with Gasteiger partial charge in [-0.25, -0.2) is 0 Å². The number of nitrogens with zero attached hydrogens (tertiary/aromatic N) is 3. The Morgan fingerprint density at radius 2 is 2.00 bits per heavy atom. The Morgan fingerprint density at radius 3 is 2.66 bits per heavy atom. The summed E-state index contributed by atoms with van der Waals surface area (Å²) in [6.07, 6.45) is 2.48. The number of aromatic nitrogens is 1. The van der Waals surface area contributed by atoms with E-state index in [2.05, 4.69) is 29.2 Å². The van der Waals surface area contributed by atoms with Crippen molar-refractivity contribution in [1.82, 2.24) is 15.0 Å². The van der Waals surface area contributed by atoms with Crippen molar-refractivity contribution in [2.45, 2.75) is 45.8 Å². The third-order valence-electron chi connectivity index (χ3n) is 6.88. The number of fused-ring (bicyclic) bond motifs is 1. The summed E-state index contributed by atoms with van der Waals surface area (Å²) in [5.41, 5.74) is 1.05. The molecule has 1 aromatic heterocycles. The van der Waals surface area contributed by atoms with Gasteiger partial charge in [-0.2, -0.15) is 0 Å². The number of carbonyl (C=O) groups is 2. The van der Waals surface area contributed by atoms with Crippen molar-refractivity contribution in [2.24, 2.45) is 11.8 Å². The molecule has 1 N–H and O–H groups in total. The first-order chi connectivity index (χ1) is 16.7. The highest BCUT2D eigenvalue weighted by Gasteiger charge is 2.31. The summed E-state index contributed by atoms with van der Waals surface area (Å²) in [6, 6.07) is 6.88. The molecule has 3 atom stereocenters. The van der Waals surface area contributed by atoms with Crippen LogP contribution in [-0.4, -0.2) is 79.3 Å². The van der Waals surface area contributed by atoms with Gasteiger partial charge < -0.3 is 24.2 Å². The normalized spacial score (nSPS) is 24.2. The van der Waals surface area contributed by atoms with Crippen LogP contribution in [0.15, 0.2) is 28.8 Å². The lowest BCUT2D eigenvalue weighted by atomic mass is 10.0. The largest absolute Gasteiger partial charge is 0.491 e. The fraction of sp³-hybridized carbons (Fsp3) is 0.577. The van der Waals surface area contributed by atoms with Crippen molar-refractivity contribution in [1.29, 1.82) is 0 Å². The molecular formula is C26H36N4O5. The Bertz CT molecular complexity index is 1050. The minimum absolute atomic E-state index is 0.0973. The van der Waals surface area contributed by atoms with Gasteiger partial charge in [-0.1, -0.05) is 12.1 Å². The summed E-state index contributed by atoms with van der Waals surface area (Å²) >= 11 is 0. The summed E-state index contributed by atoms with van der Waals surface area (Å²) in [5, 5.41) is 6.55. The average Bonchev–Trinajstić information content (AvgIpc) is 3.55. The molecule has 1 aliphatic heterocycles. The van der Waals surface area contributed by atoms with Crippen LogP contribution in [0.4, 0.5) is 5.69 Å². The maximum absolute atomic E-state index is 13.5. The van der Waals surface area contributed by atoms with E-state index in [1.54, 1.807) is 50.2 Å². The van der Waals surface area contributed by atoms with E-state index in [1.165, 1.54) is 12.8 Å². The number of benzene rings is 1. The number of anilines is 1. The van der Waals surface area contributed by atoms with E-state index in [9.17, 15) is 9.59 Å². The second-order valence-electron chi connectivity index (χ2n) is 9.98. The molecule has 9 nitrogen and oxygen atoms in total. The summed E-state index contributed by atoms with van der Waals surface area (Å²) in [6.45, 7) is 8.93. The number of aryl methyl sites for hydroxylation is 1. The van der Waals surface area contributed by atoms with E-state index in [0.29, 0.717) is 35.9 Å². The van der Waals surface area contributed by atoms with Crippen molar-refractivity contribution < 1.29 is 23.6 Å². The molecule has 2 aliphatic rings. The molecule has 1 fully saturated rings. The summed E-state index contributed by atoms with van der Waals surface area (Å²) in [5.74, 6) is 1.45. The van der Waals surface area contributed by atoms with Gasteiger partial charge in [-0.3, -0.25) is 14.5 Å². The minimum Gasteiger partial charge on any atom is -0.491 e. The van der Waals surface area contributed by atoms with Gasteiger partial charge in [0.25, 0.3) is 11.8 Å². The van der Waals surface area contributed by atoms with Crippen molar-refractivity contribution in [3.05, 3.63) is 41.3 Å². The molecule has 0 spiro atoms. The summed E-state index contributed by atoms with van der Waals surface area (Å²) in [4.78, 5) is 30.2. The number of methoxy groups -OCH3 is 1.